The molecule has 0 radical (unpaired) electrons. The zero-order valence-electron chi connectivity index (χ0n) is 9.56. The Morgan fingerprint density at radius 1 is 1.75 bits per heavy atom. The van der Waals surface area contributed by atoms with E-state index in [1.54, 1.807) is 35.7 Å². The number of amides is 1. The molecule has 88 valence electrons. The number of aromatic nitrogens is 1. The average Bonchev–Trinajstić information content (AvgIpc) is 2.62. The summed E-state index contributed by atoms with van der Waals surface area (Å²) in [5.74, 6) is -0.464. The third-order valence-corrected chi connectivity index (χ3v) is 3.67. The number of nitrogens with two attached hydrogens (primary N) is 1. The number of aryl methyl sites for hydroxylation is 1. The fourth-order valence-corrected chi connectivity index (χ4v) is 2.15. The molecule has 0 aliphatic carbocycles. The van der Waals surface area contributed by atoms with Gasteiger partial charge in [0.15, 0.2) is 0 Å². The maximum Gasteiger partial charge on any atom is 0.232 e. The minimum absolute atomic E-state index is 0.0553. The predicted octanol–water partition coefficient (Wildman–Crippen LogP) is 1.33. The van der Waals surface area contributed by atoms with Crippen molar-refractivity contribution in [3.8, 4) is 0 Å². The maximum absolute atomic E-state index is 11.9. The quantitative estimate of drug-likeness (QED) is 0.827. The first-order valence-electron chi connectivity index (χ1n) is 4.86. The topological polar surface area (TPSA) is 59.2 Å². The number of hydrogen-bond acceptors (Lipinski definition) is 4. The molecular weight excluding hydrogens is 242 g/mol. The Labute approximate surface area is 104 Å². The standard InChI is InChI=1S/C10H15N3OS2/c1-6(9(11)15)10(14)13(3)4-8-7(2)12-5-16-8/h5-6H,4H2,1-3H3,(H2,11,15). The van der Waals surface area contributed by atoms with Gasteiger partial charge in [0, 0.05) is 11.9 Å². The summed E-state index contributed by atoms with van der Waals surface area (Å²) in [6, 6.07) is 0. The van der Waals surface area contributed by atoms with Gasteiger partial charge in [-0.15, -0.1) is 11.3 Å². The van der Waals surface area contributed by atoms with Crippen molar-refractivity contribution in [3.05, 3.63) is 16.1 Å². The van der Waals surface area contributed by atoms with E-state index < -0.39 is 5.92 Å². The Kier molecular flexibility index (Phi) is 4.37. The summed E-state index contributed by atoms with van der Waals surface area (Å²) in [6.45, 7) is 4.21. The zero-order valence-corrected chi connectivity index (χ0v) is 11.2. The van der Waals surface area contributed by atoms with Crippen molar-refractivity contribution in [2.75, 3.05) is 7.05 Å². The molecule has 1 unspecified atom stereocenters. The summed E-state index contributed by atoms with van der Waals surface area (Å²) in [4.78, 5) is 19.0. The van der Waals surface area contributed by atoms with Crippen LogP contribution in [0.15, 0.2) is 5.51 Å². The highest BCUT2D eigenvalue weighted by Gasteiger charge is 2.20. The van der Waals surface area contributed by atoms with E-state index in [-0.39, 0.29) is 10.9 Å². The van der Waals surface area contributed by atoms with Crippen LogP contribution in [-0.4, -0.2) is 27.8 Å². The summed E-state index contributed by atoms with van der Waals surface area (Å²) >= 11 is 6.35. The Hall–Kier alpha value is -1.01. The molecule has 1 aromatic heterocycles. The molecule has 0 aliphatic rings. The highest BCUT2D eigenvalue weighted by Crippen LogP contribution is 2.15. The largest absolute Gasteiger partial charge is 0.393 e. The van der Waals surface area contributed by atoms with Crippen LogP contribution in [0, 0.1) is 12.8 Å². The Balaban J connectivity index is 2.66. The summed E-state index contributed by atoms with van der Waals surface area (Å²) in [7, 11) is 1.75. The molecule has 1 atom stereocenters. The molecule has 0 bridgehead atoms. The van der Waals surface area contributed by atoms with Crippen LogP contribution < -0.4 is 5.73 Å². The van der Waals surface area contributed by atoms with Crippen molar-refractivity contribution in [2.45, 2.75) is 20.4 Å². The van der Waals surface area contributed by atoms with Gasteiger partial charge in [0.1, 0.15) is 0 Å². The second-order valence-corrected chi connectivity index (χ2v) is 5.09. The van der Waals surface area contributed by atoms with E-state index in [4.69, 9.17) is 18.0 Å². The molecule has 4 nitrogen and oxygen atoms in total. The van der Waals surface area contributed by atoms with Gasteiger partial charge in [-0.1, -0.05) is 12.2 Å². The molecule has 1 heterocycles. The van der Waals surface area contributed by atoms with Gasteiger partial charge in [0.05, 0.1) is 28.7 Å². The number of hydrogen-bond donors (Lipinski definition) is 1. The summed E-state index contributed by atoms with van der Waals surface area (Å²) in [5.41, 5.74) is 8.20. The first kappa shape index (κ1) is 13.1. The third-order valence-electron chi connectivity index (χ3n) is 2.40. The van der Waals surface area contributed by atoms with Crippen LogP contribution in [0.1, 0.15) is 17.5 Å². The predicted molar refractivity (Wildman–Crippen MR) is 69.3 cm³/mol. The highest BCUT2D eigenvalue weighted by molar-refractivity contribution is 7.80. The van der Waals surface area contributed by atoms with Crippen molar-refractivity contribution in [1.29, 1.82) is 0 Å². The third kappa shape index (κ3) is 2.99. The van der Waals surface area contributed by atoms with Crippen molar-refractivity contribution < 1.29 is 4.79 Å². The molecule has 0 aromatic carbocycles. The summed E-state index contributed by atoms with van der Waals surface area (Å²) < 4.78 is 0. The summed E-state index contributed by atoms with van der Waals surface area (Å²) in [5, 5.41) is 0. The normalized spacial score (nSPS) is 12.2. The van der Waals surface area contributed by atoms with Crippen LogP contribution in [0.5, 0.6) is 0 Å². The van der Waals surface area contributed by atoms with Gasteiger partial charge in [-0.05, 0) is 13.8 Å². The lowest BCUT2D eigenvalue weighted by Gasteiger charge is -2.20. The number of carbonyl (C=O) groups is 1. The molecule has 1 aromatic rings. The number of thiocarbonyl (C=S) groups is 1. The molecule has 0 saturated carbocycles. The molecule has 2 N–H and O–H groups in total. The van der Waals surface area contributed by atoms with Crippen LogP contribution in [0.3, 0.4) is 0 Å². The number of rotatable bonds is 4. The molecule has 0 saturated heterocycles. The Bertz CT molecular complexity index is 403. The molecule has 6 heteroatoms. The molecule has 0 aliphatic heterocycles. The van der Waals surface area contributed by atoms with E-state index in [1.165, 1.54) is 0 Å². The van der Waals surface area contributed by atoms with Gasteiger partial charge in [0.25, 0.3) is 0 Å². The van der Waals surface area contributed by atoms with Gasteiger partial charge >= 0.3 is 0 Å². The maximum atomic E-state index is 11.9. The molecular formula is C10H15N3OS2. The van der Waals surface area contributed by atoms with Gasteiger partial charge in [0.2, 0.25) is 5.91 Å². The SMILES string of the molecule is Cc1ncsc1CN(C)C(=O)C(C)C(N)=S. The van der Waals surface area contributed by atoms with Crippen molar-refractivity contribution in [2.24, 2.45) is 11.7 Å². The molecule has 16 heavy (non-hydrogen) atoms. The van der Waals surface area contributed by atoms with E-state index in [2.05, 4.69) is 4.98 Å². The first-order chi connectivity index (χ1) is 7.43. The van der Waals surface area contributed by atoms with Gasteiger partial charge < -0.3 is 10.6 Å². The van der Waals surface area contributed by atoms with Gasteiger partial charge in [-0.2, -0.15) is 0 Å². The fraction of sp³-hybridized carbons (Fsp3) is 0.500. The number of nitrogens with zero attached hydrogens (tertiary/aromatic N) is 2. The van der Waals surface area contributed by atoms with E-state index in [0.29, 0.717) is 6.54 Å². The van der Waals surface area contributed by atoms with E-state index in [1.807, 2.05) is 6.92 Å². The number of thiazole rings is 1. The van der Waals surface area contributed by atoms with Gasteiger partial charge in [-0.3, -0.25) is 4.79 Å². The summed E-state index contributed by atoms with van der Waals surface area (Å²) in [6.07, 6.45) is 0. The van der Waals surface area contributed by atoms with Crippen LogP contribution in [0.25, 0.3) is 0 Å². The molecule has 0 fully saturated rings. The monoisotopic (exact) mass is 257 g/mol. The van der Waals surface area contributed by atoms with Crippen molar-refractivity contribution in [1.82, 2.24) is 9.88 Å². The molecule has 1 rings (SSSR count). The smallest absolute Gasteiger partial charge is 0.232 e. The lowest BCUT2D eigenvalue weighted by molar-refractivity contribution is -0.132. The second kappa shape index (κ2) is 5.36. The lowest BCUT2D eigenvalue weighted by atomic mass is 10.1. The minimum atomic E-state index is -0.409. The number of carbonyl (C=O) groups excluding carboxylic acids is 1. The van der Waals surface area contributed by atoms with Crippen LogP contribution >= 0.6 is 23.6 Å². The second-order valence-electron chi connectivity index (χ2n) is 3.68. The first-order valence-corrected chi connectivity index (χ1v) is 6.15. The van der Waals surface area contributed by atoms with E-state index in [0.717, 1.165) is 10.6 Å². The zero-order chi connectivity index (χ0) is 12.3. The van der Waals surface area contributed by atoms with E-state index >= 15 is 0 Å². The lowest BCUT2D eigenvalue weighted by Crippen LogP contribution is -2.37. The molecule has 0 spiro atoms. The fourth-order valence-electron chi connectivity index (χ4n) is 1.22. The molecule has 1 amide bonds. The van der Waals surface area contributed by atoms with Crippen molar-refractivity contribution >= 4 is 34.5 Å². The average molecular weight is 257 g/mol. The van der Waals surface area contributed by atoms with Crippen LogP contribution in [0.2, 0.25) is 0 Å². The van der Waals surface area contributed by atoms with Gasteiger partial charge in [-0.25, -0.2) is 4.98 Å². The Morgan fingerprint density at radius 3 is 2.81 bits per heavy atom. The Morgan fingerprint density at radius 2 is 2.38 bits per heavy atom. The highest BCUT2D eigenvalue weighted by atomic mass is 32.1. The minimum Gasteiger partial charge on any atom is -0.393 e. The van der Waals surface area contributed by atoms with Crippen LogP contribution in [0.4, 0.5) is 0 Å². The van der Waals surface area contributed by atoms with E-state index in [9.17, 15) is 4.79 Å². The van der Waals surface area contributed by atoms with Crippen molar-refractivity contribution in [3.63, 3.8) is 0 Å². The van der Waals surface area contributed by atoms with Crippen LogP contribution in [-0.2, 0) is 11.3 Å².